The maximum absolute atomic E-state index is 13.9. The van der Waals surface area contributed by atoms with Crippen LogP contribution in [0.2, 0.25) is 0 Å². The lowest BCUT2D eigenvalue weighted by molar-refractivity contribution is -0.159. The third-order valence-corrected chi connectivity index (χ3v) is 6.93. The summed E-state index contributed by atoms with van der Waals surface area (Å²) in [6.07, 6.45) is 1.36. The second-order valence-electron chi connectivity index (χ2n) is 10.3. The Morgan fingerprint density at radius 2 is 2.08 bits per heavy atom. The number of nitrogens with zero attached hydrogens (tertiary/aromatic N) is 4. The number of ether oxygens (including phenoxy) is 3. The minimum atomic E-state index is -0.784. The average Bonchev–Trinajstić information content (AvgIpc) is 3.42. The molecule has 4 rings (SSSR count). The molecule has 0 saturated carbocycles. The van der Waals surface area contributed by atoms with Crippen LogP contribution in [0.3, 0.4) is 0 Å². The molecule has 0 bridgehead atoms. The number of nitrogens with one attached hydrogen (secondary N) is 1. The SMILES string of the molecule is CCOC(=O)C1=C(CN2CCO[C@@H](COC(=O)C(C)(C)C)C2)NC(C2=NCC=N2)=NC1c1ccc(F)cc1Br. The molecule has 12 heteroatoms. The molecule has 39 heavy (non-hydrogen) atoms. The fraction of sp³-hybridized carbons (Fsp3) is 0.519. The first kappa shape index (κ1) is 29.0. The van der Waals surface area contributed by atoms with E-state index in [1.807, 2.05) is 0 Å². The summed E-state index contributed by atoms with van der Waals surface area (Å²) in [5.41, 5.74) is 0.895. The summed E-state index contributed by atoms with van der Waals surface area (Å²) in [5, 5.41) is 3.27. The lowest BCUT2D eigenvalue weighted by Crippen LogP contribution is -2.48. The van der Waals surface area contributed by atoms with E-state index in [9.17, 15) is 14.0 Å². The van der Waals surface area contributed by atoms with Gasteiger partial charge in [-0.05, 0) is 45.4 Å². The number of carbonyl (C=O) groups is 2. The van der Waals surface area contributed by atoms with Crippen LogP contribution in [0, 0.1) is 11.2 Å². The third-order valence-electron chi connectivity index (χ3n) is 6.24. The largest absolute Gasteiger partial charge is 0.463 e. The molecule has 1 saturated heterocycles. The van der Waals surface area contributed by atoms with Crippen LogP contribution in [0.15, 0.2) is 48.9 Å². The Bertz CT molecular complexity index is 1240. The number of halogens is 2. The maximum atomic E-state index is 13.9. The summed E-state index contributed by atoms with van der Waals surface area (Å²) in [4.78, 5) is 41.2. The van der Waals surface area contributed by atoms with E-state index in [2.05, 4.69) is 36.1 Å². The van der Waals surface area contributed by atoms with Crippen molar-refractivity contribution < 1.29 is 28.2 Å². The van der Waals surface area contributed by atoms with Gasteiger partial charge in [0.05, 0.1) is 30.7 Å². The van der Waals surface area contributed by atoms with Crippen molar-refractivity contribution in [2.75, 3.05) is 46.0 Å². The quantitative estimate of drug-likeness (QED) is 0.452. The van der Waals surface area contributed by atoms with Gasteiger partial charge in [0.1, 0.15) is 24.6 Å². The Hall–Kier alpha value is -2.96. The molecular weight excluding hydrogens is 573 g/mol. The number of morpholine rings is 1. The summed E-state index contributed by atoms with van der Waals surface area (Å²) in [5.74, 6) is -0.396. The van der Waals surface area contributed by atoms with E-state index in [-0.39, 0.29) is 25.3 Å². The van der Waals surface area contributed by atoms with E-state index in [1.165, 1.54) is 12.1 Å². The molecule has 3 aliphatic heterocycles. The van der Waals surface area contributed by atoms with Gasteiger partial charge in [-0.2, -0.15) is 0 Å². The number of hydrogen-bond donors (Lipinski definition) is 1. The van der Waals surface area contributed by atoms with E-state index in [4.69, 9.17) is 19.2 Å². The summed E-state index contributed by atoms with van der Waals surface area (Å²) >= 11 is 3.44. The zero-order valence-electron chi connectivity index (χ0n) is 22.5. The van der Waals surface area contributed by atoms with Gasteiger partial charge >= 0.3 is 11.9 Å². The van der Waals surface area contributed by atoms with Crippen molar-refractivity contribution in [2.24, 2.45) is 20.4 Å². The van der Waals surface area contributed by atoms with Crippen LogP contribution in [-0.4, -0.2) is 86.8 Å². The smallest absolute Gasteiger partial charge is 0.338 e. The Morgan fingerprint density at radius 1 is 1.28 bits per heavy atom. The second kappa shape index (κ2) is 12.5. The van der Waals surface area contributed by atoms with Crippen molar-refractivity contribution in [1.82, 2.24) is 10.2 Å². The summed E-state index contributed by atoms with van der Waals surface area (Å²) in [6.45, 7) is 9.74. The van der Waals surface area contributed by atoms with Crippen LogP contribution < -0.4 is 5.32 Å². The van der Waals surface area contributed by atoms with E-state index in [1.54, 1.807) is 40.0 Å². The molecule has 1 unspecified atom stereocenters. The van der Waals surface area contributed by atoms with Crippen LogP contribution in [0.5, 0.6) is 0 Å². The molecule has 3 heterocycles. The van der Waals surface area contributed by atoms with Gasteiger partial charge in [0.2, 0.25) is 0 Å². The van der Waals surface area contributed by atoms with Crippen molar-refractivity contribution in [1.29, 1.82) is 0 Å². The summed E-state index contributed by atoms with van der Waals surface area (Å²) in [7, 11) is 0. The van der Waals surface area contributed by atoms with E-state index in [0.29, 0.717) is 65.8 Å². The Morgan fingerprint density at radius 3 is 2.74 bits per heavy atom. The Labute approximate surface area is 235 Å². The molecule has 10 nitrogen and oxygen atoms in total. The number of carbonyl (C=O) groups excluding carboxylic acids is 2. The fourth-order valence-electron chi connectivity index (χ4n) is 4.30. The van der Waals surface area contributed by atoms with Crippen molar-refractivity contribution in [2.45, 2.75) is 39.8 Å². The van der Waals surface area contributed by atoms with Crippen molar-refractivity contribution in [3.8, 4) is 0 Å². The van der Waals surface area contributed by atoms with Gasteiger partial charge in [0, 0.05) is 36.0 Å². The zero-order valence-corrected chi connectivity index (χ0v) is 24.1. The molecule has 0 aliphatic carbocycles. The van der Waals surface area contributed by atoms with Crippen molar-refractivity contribution >= 4 is 45.8 Å². The first-order valence-electron chi connectivity index (χ1n) is 12.8. The van der Waals surface area contributed by atoms with E-state index >= 15 is 0 Å². The second-order valence-corrected chi connectivity index (χ2v) is 11.2. The summed E-state index contributed by atoms with van der Waals surface area (Å²) < 4.78 is 31.2. The topological polar surface area (TPSA) is 114 Å². The number of benzene rings is 1. The Balaban J connectivity index is 1.65. The molecule has 2 atom stereocenters. The molecule has 0 amide bonds. The van der Waals surface area contributed by atoms with Gasteiger partial charge in [-0.1, -0.05) is 22.0 Å². The van der Waals surface area contributed by atoms with Gasteiger partial charge in [-0.15, -0.1) is 0 Å². The van der Waals surface area contributed by atoms with Crippen LogP contribution in [0.25, 0.3) is 0 Å². The molecule has 1 N–H and O–H groups in total. The minimum absolute atomic E-state index is 0.132. The van der Waals surface area contributed by atoms with Crippen LogP contribution in [0.1, 0.15) is 39.3 Å². The molecule has 210 valence electrons. The third kappa shape index (κ3) is 7.17. The number of hydrogen-bond acceptors (Lipinski definition) is 10. The average molecular weight is 606 g/mol. The molecule has 1 fully saturated rings. The van der Waals surface area contributed by atoms with Crippen LogP contribution in [0.4, 0.5) is 4.39 Å². The normalized spacial score (nSPS) is 21.8. The van der Waals surface area contributed by atoms with Gasteiger partial charge in [-0.3, -0.25) is 19.7 Å². The van der Waals surface area contributed by atoms with Crippen molar-refractivity contribution in [3.05, 3.63) is 45.3 Å². The molecule has 3 aliphatic rings. The lowest BCUT2D eigenvalue weighted by atomic mass is 9.95. The zero-order chi connectivity index (χ0) is 28.2. The highest BCUT2D eigenvalue weighted by Gasteiger charge is 2.36. The first-order chi connectivity index (χ1) is 18.6. The van der Waals surface area contributed by atoms with E-state index in [0.717, 1.165) is 0 Å². The van der Waals surface area contributed by atoms with Gasteiger partial charge < -0.3 is 19.5 Å². The Kier molecular flexibility index (Phi) is 9.29. The van der Waals surface area contributed by atoms with E-state index < -0.39 is 23.2 Å². The number of amidine groups is 2. The van der Waals surface area contributed by atoms with Gasteiger partial charge in [-0.25, -0.2) is 14.2 Å². The molecular formula is C27H33BrFN5O5. The standard InChI is InChI=1S/C27H33BrFN5O5/c1-5-37-25(35)21-20(14-34-10-11-38-17(13-34)15-39-26(36)27(2,3)4)32-24(23-30-8-9-31-23)33-22(21)18-7-6-16(29)12-19(18)28/h6-8,12,17,22H,5,9-11,13-15H2,1-4H3,(H,32,33)/t17-,22?/m1/s1. The van der Waals surface area contributed by atoms with Crippen molar-refractivity contribution in [3.63, 3.8) is 0 Å². The predicted octanol–water partition coefficient (Wildman–Crippen LogP) is 3.22. The summed E-state index contributed by atoms with van der Waals surface area (Å²) in [6, 6.07) is 3.48. The lowest BCUT2D eigenvalue weighted by Gasteiger charge is -2.35. The molecule has 1 aromatic rings. The number of esters is 2. The fourth-order valence-corrected chi connectivity index (χ4v) is 4.86. The van der Waals surface area contributed by atoms with Crippen LogP contribution in [-0.2, 0) is 23.8 Å². The highest BCUT2D eigenvalue weighted by atomic mass is 79.9. The molecule has 0 spiro atoms. The molecule has 1 aromatic carbocycles. The van der Waals surface area contributed by atoms with Crippen LogP contribution >= 0.6 is 15.9 Å². The maximum Gasteiger partial charge on any atom is 0.338 e. The highest BCUT2D eigenvalue weighted by Crippen LogP contribution is 2.36. The van der Waals surface area contributed by atoms with Gasteiger partial charge in [0.15, 0.2) is 11.7 Å². The monoisotopic (exact) mass is 605 g/mol. The first-order valence-corrected chi connectivity index (χ1v) is 13.6. The van der Waals surface area contributed by atoms with Gasteiger partial charge in [0.25, 0.3) is 0 Å². The number of aliphatic imine (C=N–C) groups is 3. The number of rotatable bonds is 8. The molecule has 0 radical (unpaired) electrons. The highest BCUT2D eigenvalue weighted by molar-refractivity contribution is 9.10. The minimum Gasteiger partial charge on any atom is -0.463 e. The predicted molar refractivity (Wildman–Crippen MR) is 148 cm³/mol. The molecule has 0 aromatic heterocycles.